The van der Waals surface area contributed by atoms with Crippen LogP contribution >= 0.6 is 25.3 Å². The molecule has 0 bridgehead atoms. The molecule has 0 saturated carbocycles. The monoisotopic (exact) mass is 1480 g/mol. The number of carboxylic acids is 2. The fraction of sp³-hybridized carbons (Fsp3) is 0.536. The fourth-order valence-electron chi connectivity index (χ4n) is 10.9. The molecule has 4 rings (SSSR count). The number of carbonyl (C=O) groups excluding carboxylic acids is 12. The van der Waals surface area contributed by atoms with Gasteiger partial charge in [0.2, 0.25) is 70.9 Å². The van der Waals surface area contributed by atoms with E-state index in [1.165, 1.54) is 67.3 Å². The van der Waals surface area contributed by atoms with E-state index in [2.05, 4.69) is 83.7 Å². The number of nitrogens with zero attached hydrogens (tertiary/aromatic N) is 1. The standard InChI is InChI=1S/C69H99N13O19S2/c1-35(2)27-47(75-60(91)46(24-25-55(87)88)74-59(90)45(70)33-102)62(93)76-48(28-36(3)4)64(95)81-57(39(8)83)67(98)78-49(29-40-13-10-9-11-14-40)61(92)72-38(7)58(89)71-32-54(86)73-51(31-42-18-22-44(85)23-19-42)68(99)82-26-12-15-53(82)65(96)80-56(37(5)6)66(97)77-50(30-41-16-20-43(84)21-17-41)63(94)79-52(34-103)69(100)101/h9-11,13-14,16-23,35-39,45-53,56-57,83-85,102-103H,12,15,24-34,70H2,1-8H3,(H,71,89)(H,72,92)(H,73,86)(H,74,90)(H,75,91)(H,76,93)(H,77,97)(H,78,98)(H,79,94)(H,80,96)(H,81,95)(H,87,88)(H,100,101)/t38-,39+,45-,46-,47-,48-,49-,50-,51-,52-,53-,56-,57-/m0/s1. The number of phenols is 2. The molecule has 32 nitrogen and oxygen atoms in total. The lowest BCUT2D eigenvalue weighted by Crippen LogP contribution is -2.62. The molecule has 0 radical (unpaired) electrons. The normalized spacial score (nSPS) is 16.2. The number of amides is 12. The summed E-state index contributed by atoms with van der Waals surface area (Å²) in [6.45, 7) is 11.9. The van der Waals surface area contributed by atoms with Crippen molar-refractivity contribution in [3.8, 4) is 11.5 Å². The van der Waals surface area contributed by atoms with Gasteiger partial charge in [0.05, 0.1) is 18.7 Å². The SMILES string of the molecule is CC(C)C[C@H](NC(=O)[C@H](CCC(=O)O)NC(=O)[C@@H](N)CS)C(=O)N[C@@H](CC(C)C)C(=O)N[C@H](C(=O)N[C@@H](Cc1ccccc1)C(=O)N[C@@H](C)C(=O)NCC(=O)N[C@@H](Cc1ccc(O)cc1)C(=O)N1CCC[C@H]1C(=O)N[C@H](C(=O)N[C@@H](Cc1ccc(O)cc1)C(=O)N[C@@H](CS)C(=O)O)C(C)C)[C@@H](C)O. The minimum Gasteiger partial charge on any atom is -0.508 e. The molecule has 1 heterocycles. The van der Waals surface area contributed by atoms with Crippen molar-refractivity contribution in [3.63, 3.8) is 0 Å². The van der Waals surface area contributed by atoms with Gasteiger partial charge in [0, 0.05) is 43.7 Å². The van der Waals surface area contributed by atoms with Crippen molar-refractivity contribution in [3.05, 3.63) is 95.6 Å². The van der Waals surface area contributed by atoms with Crippen LogP contribution in [-0.4, -0.2) is 216 Å². The van der Waals surface area contributed by atoms with Crippen LogP contribution in [0.5, 0.6) is 11.5 Å². The first-order chi connectivity index (χ1) is 48.5. The highest BCUT2D eigenvalue weighted by molar-refractivity contribution is 7.80. The smallest absolute Gasteiger partial charge is 0.327 e. The van der Waals surface area contributed by atoms with Gasteiger partial charge in [-0.1, -0.05) is 96.1 Å². The van der Waals surface area contributed by atoms with Gasteiger partial charge in [-0.3, -0.25) is 62.3 Å². The number of aliphatic hydroxyl groups is 1. The molecular weight excluding hydrogens is 1380 g/mol. The van der Waals surface area contributed by atoms with Gasteiger partial charge in [0.25, 0.3) is 0 Å². The first kappa shape index (κ1) is 85.9. The molecule has 566 valence electrons. The second-order valence-corrected chi connectivity index (χ2v) is 27.2. The predicted molar refractivity (Wildman–Crippen MR) is 382 cm³/mol. The van der Waals surface area contributed by atoms with Crippen molar-refractivity contribution in [2.45, 2.75) is 192 Å². The first-order valence-electron chi connectivity index (χ1n) is 33.8. The molecule has 0 unspecified atom stereocenters. The van der Waals surface area contributed by atoms with E-state index < -0.39 is 180 Å². The van der Waals surface area contributed by atoms with Crippen molar-refractivity contribution in [2.75, 3.05) is 24.6 Å². The Morgan fingerprint density at radius 3 is 1.42 bits per heavy atom. The van der Waals surface area contributed by atoms with Crippen LogP contribution in [0.3, 0.4) is 0 Å². The molecule has 12 amide bonds. The number of aromatic hydroxyl groups is 2. The first-order valence-corrected chi connectivity index (χ1v) is 35.1. The van der Waals surface area contributed by atoms with Crippen LogP contribution in [0, 0.1) is 17.8 Å². The van der Waals surface area contributed by atoms with Gasteiger partial charge >= 0.3 is 11.9 Å². The third-order valence-corrected chi connectivity index (χ3v) is 17.3. The zero-order valence-electron chi connectivity index (χ0n) is 58.8. The van der Waals surface area contributed by atoms with Crippen molar-refractivity contribution < 1.29 is 92.7 Å². The number of aliphatic hydroxyl groups excluding tert-OH is 1. The quantitative estimate of drug-likeness (QED) is 0.0284. The second-order valence-electron chi connectivity index (χ2n) is 26.5. The summed E-state index contributed by atoms with van der Waals surface area (Å²) in [5.74, 6) is -14.8. The van der Waals surface area contributed by atoms with Crippen molar-refractivity contribution >= 4 is 108 Å². The fourth-order valence-corrected chi connectivity index (χ4v) is 11.3. The lowest BCUT2D eigenvalue weighted by Gasteiger charge is -2.31. The molecule has 103 heavy (non-hydrogen) atoms. The van der Waals surface area contributed by atoms with Gasteiger partial charge in [0.1, 0.15) is 78.0 Å². The molecule has 13 atom stereocenters. The highest BCUT2D eigenvalue weighted by Crippen LogP contribution is 2.22. The zero-order valence-corrected chi connectivity index (χ0v) is 60.6. The van der Waals surface area contributed by atoms with Crippen LogP contribution < -0.4 is 64.2 Å². The number of thiol groups is 2. The topological polar surface area (TPSA) is 502 Å². The summed E-state index contributed by atoms with van der Waals surface area (Å²) in [6.07, 6.45) is -2.68. The van der Waals surface area contributed by atoms with Gasteiger partial charge in [-0.2, -0.15) is 25.3 Å². The number of nitrogens with one attached hydrogen (secondary N) is 11. The number of benzene rings is 3. The van der Waals surface area contributed by atoms with E-state index in [0.717, 1.165) is 0 Å². The average Bonchev–Trinajstić information content (AvgIpc) is 1.76. The van der Waals surface area contributed by atoms with Crippen molar-refractivity contribution in [2.24, 2.45) is 23.5 Å². The van der Waals surface area contributed by atoms with Gasteiger partial charge in [-0.15, -0.1) is 0 Å². The van der Waals surface area contributed by atoms with E-state index in [4.69, 9.17) is 5.73 Å². The second kappa shape index (κ2) is 42.1. The molecule has 0 aliphatic carbocycles. The van der Waals surface area contributed by atoms with Gasteiger partial charge < -0.3 is 94.7 Å². The van der Waals surface area contributed by atoms with E-state index >= 15 is 0 Å². The summed E-state index contributed by atoms with van der Waals surface area (Å²) in [7, 11) is 0. The van der Waals surface area contributed by atoms with Crippen LogP contribution in [0.1, 0.15) is 111 Å². The predicted octanol–water partition coefficient (Wildman–Crippen LogP) is -1.63. The van der Waals surface area contributed by atoms with Gasteiger partial charge in [-0.05, 0) is 105 Å². The summed E-state index contributed by atoms with van der Waals surface area (Å²) in [6, 6.07) is 3.03. The van der Waals surface area contributed by atoms with Crippen LogP contribution in [0.4, 0.5) is 0 Å². The number of nitrogens with two attached hydrogens (primary N) is 1. The Bertz CT molecular complexity index is 3420. The number of hydrogen-bond acceptors (Lipinski definition) is 20. The summed E-state index contributed by atoms with van der Waals surface area (Å²) in [4.78, 5) is 192. The number of likely N-dealkylation sites (tertiary alicyclic amines) is 1. The number of phenolic OH excluding ortho intramolecular Hbond substituents is 2. The Hall–Kier alpha value is -9.54. The van der Waals surface area contributed by atoms with Crippen LogP contribution in [0.2, 0.25) is 0 Å². The number of aliphatic carboxylic acids is 2. The molecule has 1 fully saturated rings. The minimum absolute atomic E-state index is 0.00623. The Kier molecular flexibility index (Phi) is 35.1. The highest BCUT2D eigenvalue weighted by atomic mass is 32.1. The highest BCUT2D eigenvalue weighted by Gasteiger charge is 2.41. The molecule has 3 aromatic carbocycles. The summed E-state index contributed by atoms with van der Waals surface area (Å²) in [5.41, 5.74) is 7.25. The molecule has 0 aromatic heterocycles. The number of carbonyl (C=O) groups is 14. The van der Waals surface area contributed by atoms with Crippen LogP contribution in [-0.2, 0) is 86.4 Å². The number of carboxylic acid groups (broad SMARTS) is 2. The maximum Gasteiger partial charge on any atom is 0.327 e. The Labute approximate surface area is 608 Å². The lowest BCUT2D eigenvalue weighted by molar-refractivity contribution is -0.142. The largest absolute Gasteiger partial charge is 0.508 e. The Morgan fingerprint density at radius 1 is 0.495 bits per heavy atom. The van der Waals surface area contributed by atoms with Gasteiger partial charge in [0.15, 0.2) is 0 Å². The maximum absolute atomic E-state index is 14.7. The van der Waals surface area contributed by atoms with Gasteiger partial charge in [-0.25, -0.2) is 4.79 Å². The Morgan fingerprint density at radius 2 is 0.942 bits per heavy atom. The zero-order chi connectivity index (χ0) is 76.9. The van der Waals surface area contributed by atoms with Crippen LogP contribution in [0.15, 0.2) is 78.9 Å². The third-order valence-electron chi connectivity index (χ3n) is 16.5. The summed E-state index contributed by atoms with van der Waals surface area (Å²) in [5, 5.41) is 77.7. The minimum atomic E-state index is -1.78. The maximum atomic E-state index is 14.7. The molecule has 34 heteroatoms. The van der Waals surface area contributed by atoms with Crippen LogP contribution in [0.25, 0.3) is 0 Å². The van der Waals surface area contributed by atoms with E-state index in [1.54, 1.807) is 71.9 Å². The van der Waals surface area contributed by atoms with E-state index in [-0.39, 0.29) is 86.3 Å². The molecule has 0 spiro atoms. The Balaban J connectivity index is 1.50. The molecule has 3 aromatic rings. The third kappa shape index (κ3) is 28.7. The molecule has 1 aliphatic heterocycles. The molecular formula is C69H99N13O19S2. The molecule has 18 N–H and O–H groups in total. The van der Waals surface area contributed by atoms with E-state index in [9.17, 15) is 92.7 Å². The molecule has 1 aliphatic rings. The summed E-state index contributed by atoms with van der Waals surface area (Å²) < 4.78 is 0. The van der Waals surface area contributed by atoms with E-state index in [1.807, 2.05) is 0 Å². The van der Waals surface area contributed by atoms with Crippen molar-refractivity contribution in [1.29, 1.82) is 0 Å². The summed E-state index contributed by atoms with van der Waals surface area (Å²) >= 11 is 8.02. The van der Waals surface area contributed by atoms with Crippen molar-refractivity contribution in [1.82, 2.24) is 63.4 Å². The lowest BCUT2D eigenvalue weighted by atomic mass is 9.99. The average molecular weight is 1480 g/mol. The van der Waals surface area contributed by atoms with E-state index in [0.29, 0.717) is 23.1 Å². The number of hydrogen-bond donors (Lipinski definition) is 19. The molecule has 1 saturated heterocycles. The number of rotatable bonds is 41.